The second-order valence-electron chi connectivity index (χ2n) is 4.62. The average Bonchev–Trinajstić information content (AvgIpc) is 2.46. The molecule has 1 unspecified atom stereocenters. The predicted molar refractivity (Wildman–Crippen MR) is 78.2 cm³/mol. The van der Waals surface area contributed by atoms with Crippen molar-refractivity contribution in [3.05, 3.63) is 65.2 Å². The van der Waals surface area contributed by atoms with Crippen LogP contribution in [0.15, 0.2) is 53.4 Å². The van der Waals surface area contributed by atoms with Crippen molar-refractivity contribution >= 4 is 11.8 Å². The molecule has 1 nitrogen and oxygen atoms in total. The maximum absolute atomic E-state index is 12.3. The number of halogens is 3. The first-order valence-electron chi connectivity index (χ1n) is 6.51. The van der Waals surface area contributed by atoms with Gasteiger partial charge >= 0.3 is 5.51 Å². The molecule has 0 saturated heterocycles. The molecule has 2 rings (SSSR count). The Kier molecular flexibility index (Phi) is 4.96. The van der Waals surface area contributed by atoms with Crippen LogP contribution in [0.5, 0.6) is 0 Å². The van der Waals surface area contributed by atoms with Crippen LogP contribution in [-0.4, -0.2) is 10.6 Å². The van der Waals surface area contributed by atoms with Crippen LogP contribution >= 0.6 is 11.8 Å². The van der Waals surface area contributed by atoms with Gasteiger partial charge in [-0.2, -0.15) is 13.2 Å². The molecule has 0 fully saturated rings. The fourth-order valence-electron chi connectivity index (χ4n) is 2.03. The summed E-state index contributed by atoms with van der Waals surface area (Å²) in [6.45, 7) is 2.02. The average molecular weight is 312 g/mol. The first kappa shape index (κ1) is 15.9. The Balaban J connectivity index is 2.17. The van der Waals surface area contributed by atoms with Gasteiger partial charge in [-0.3, -0.25) is 0 Å². The molecule has 21 heavy (non-hydrogen) atoms. The zero-order chi connectivity index (χ0) is 15.5. The summed E-state index contributed by atoms with van der Waals surface area (Å²) in [5, 5.41) is 10.3. The summed E-state index contributed by atoms with van der Waals surface area (Å²) >= 11 is -0.159. The van der Waals surface area contributed by atoms with Crippen LogP contribution in [0.2, 0.25) is 0 Å². The molecule has 112 valence electrons. The third-order valence-corrected chi connectivity index (χ3v) is 3.84. The molecule has 0 amide bonds. The van der Waals surface area contributed by atoms with Crippen LogP contribution in [0.4, 0.5) is 13.2 Å². The zero-order valence-electron chi connectivity index (χ0n) is 11.4. The minimum atomic E-state index is -4.30. The van der Waals surface area contributed by atoms with E-state index in [-0.39, 0.29) is 16.7 Å². The summed E-state index contributed by atoms with van der Waals surface area (Å²) in [4.78, 5) is 0.112. The number of hydrogen-bond acceptors (Lipinski definition) is 2. The topological polar surface area (TPSA) is 20.2 Å². The van der Waals surface area contributed by atoms with E-state index >= 15 is 0 Å². The SMILES string of the molecule is CCc1cccc(C(O)c2ccc(SC(F)(F)F)cc2)c1. The van der Waals surface area contributed by atoms with Gasteiger partial charge in [0.05, 0.1) is 0 Å². The summed E-state index contributed by atoms with van der Waals surface area (Å²) in [5.41, 5.74) is -1.87. The smallest absolute Gasteiger partial charge is 0.384 e. The minimum absolute atomic E-state index is 0.112. The molecule has 0 aliphatic carbocycles. The van der Waals surface area contributed by atoms with Gasteiger partial charge in [-0.1, -0.05) is 43.3 Å². The van der Waals surface area contributed by atoms with Gasteiger partial charge in [0.15, 0.2) is 0 Å². The van der Waals surface area contributed by atoms with Crippen molar-refractivity contribution in [2.24, 2.45) is 0 Å². The van der Waals surface area contributed by atoms with E-state index in [4.69, 9.17) is 0 Å². The number of thioether (sulfide) groups is 1. The van der Waals surface area contributed by atoms with Crippen LogP contribution in [0.3, 0.4) is 0 Å². The third-order valence-electron chi connectivity index (χ3n) is 3.10. The molecule has 0 radical (unpaired) electrons. The lowest BCUT2D eigenvalue weighted by Gasteiger charge is -2.13. The number of aliphatic hydroxyl groups excluding tert-OH is 1. The molecule has 1 atom stereocenters. The highest BCUT2D eigenvalue weighted by Crippen LogP contribution is 2.37. The predicted octanol–water partition coefficient (Wildman–Crippen LogP) is 4.94. The van der Waals surface area contributed by atoms with Crippen molar-refractivity contribution < 1.29 is 18.3 Å². The van der Waals surface area contributed by atoms with Crippen molar-refractivity contribution in [1.29, 1.82) is 0 Å². The minimum Gasteiger partial charge on any atom is -0.384 e. The maximum Gasteiger partial charge on any atom is 0.446 e. The normalized spacial score (nSPS) is 13.2. The molecule has 0 aliphatic rings. The summed E-state index contributed by atoms with van der Waals surface area (Å²) in [5.74, 6) is 0. The quantitative estimate of drug-likeness (QED) is 0.807. The summed E-state index contributed by atoms with van der Waals surface area (Å²) < 4.78 is 36.8. The molecule has 2 aromatic rings. The fourth-order valence-corrected chi connectivity index (χ4v) is 2.57. The van der Waals surface area contributed by atoms with Gasteiger partial charge in [-0.15, -0.1) is 0 Å². The molecular formula is C16H15F3OS. The molecule has 5 heteroatoms. The van der Waals surface area contributed by atoms with Gasteiger partial charge in [-0.05, 0) is 47.0 Å². The second-order valence-corrected chi connectivity index (χ2v) is 5.76. The lowest BCUT2D eigenvalue weighted by atomic mass is 9.99. The highest BCUT2D eigenvalue weighted by Gasteiger charge is 2.29. The largest absolute Gasteiger partial charge is 0.446 e. The fraction of sp³-hybridized carbons (Fsp3) is 0.250. The van der Waals surface area contributed by atoms with E-state index in [9.17, 15) is 18.3 Å². The molecule has 0 bridgehead atoms. The Hall–Kier alpha value is -1.46. The van der Waals surface area contributed by atoms with Crippen LogP contribution in [0, 0.1) is 0 Å². The number of rotatable bonds is 4. The van der Waals surface area contributed by atoms with E-state index in [0.29, 0.717) is 5.56 Å². The van der Waals surface area contributed by atoms with Crippen LogP contribution < -0.4 is 0 Å². The highest BCUT2D eigenvalue weighted by atomic mass is 32.2. The Labute approximate surface area is 125 Å². The molecule has 2 aromatic carbocycles. The standard InChI is InChI=1S/C16H15F3OS/c1-2-11-4-3-5-13(10-11)15(20)12-6-8-14(9-7-12)21-16(17,18)19/h3-10,15,20H,2H2,1H3. The highest BCUT2D eigenvalue weighted by molar-refractivity contribution is 8.00. The molecule has 1 N–H and O–H groups in total. The van der Waals surface area contributed by atoms with Crippen LogP contribution in [0.1, 0.15) is 29.7 Å². The number of benzene rings is 2. The van der Waals surface area contributed by atoms with Crippen molar-refractivity contribution in [1.82, 2.24) is 0 Å². The van der Waals surface area contributed by atoms with Crippen molar-refractivity contribution in [3.8, 4) is 0 Å². The lowest BCUT2D eigenvalue weighted by molar-refractivity contribution is -0.0328. The zero-order valence-corrected chi connectivity index (χ0v) is 12.2. The third kappa shape index (κ3) is 4.51. The number of aliphatic hydroxyl groups is 1. The van der Waals surface area contributed by atoms with Crippen molar-refractivity contribution in [3.63, 3.8) is 0 Å². The second kappa shape index (κ2) is 6.54. The van der Waals surface area contributed by atoms with E-state index in [1.807, 2.05) is 31.2 Å². The molecular weight excluding hydrogens is 297 g/mol. The Morgan fingerprint density at radius 1 is 1.05 bits per heavy atom. The van der Waals surface area contributed by atoms with Crippen LogP contribution in [-0.2, 0) is 6.42 Å². The summed E-state index contributed by atoms with van der Waals surface area (Å²) in [7, 11) is 0. The van der Waals surface area contributed by atoms with Crippen molar-refractivity contribution in [2.45, 2.75) is 29.9 Å². The van der Waals surface area contributed by atoms with E-state index in [2.05, 4.69) is 0 Å². The molecule has 0 spiro atoms. The monoisotopic (exact) mass is 312 g/mol. The van der Waals surface area contributed by atoms with Gasteiger partial charge in [0.25, 0.3) is 0 Å². The Morgan fingerprint density at radius 3 is 2.29 bits per heavy atom. The van der Waals surface area contributed by atoms with Gasteiger partial charge in [0.2, 0.25) is 0 Å². The van der Waals surface area contributed by atoms with Gasteiger partial charge in [0.1, 0.15) is 6.10 Å². The number of alkyl halides is 3. The lowest BCUT2D eigenvalue weighted by Crippen LogP contribution is -2.01. The maximum atomic E-state index is 12.3. The molecule has 0 aliphatic heterocycles. The molecule has 0 saturated carbocycles. The summed E-state index contributed by atoms with van der Waals surface area (Å²) in [6.07, 6.45) is 0.0308. The van der Waals surface area contributed by atoms with Gasteiger partial charge < -0.3 is 5.11 Å². The first-order valence-corrected chi connectivity index (χ1v) is 7.33. The van der Waals surface area contributed by atoms with Crippen LogP contribution in [0.25, 0.3) is 0 Å². The molecule has 0 aromatic heterocycles. The van der Waals surface area contributed by atoms with E-state index in [1.54, 1.807) is 0 Å². The number of hydrogen-bond donors (Lipinski definition) is 1. The first-order chi connectivity index (χ1) is 9.89. The van der Waals surface area contributed by atoms with E-state index < -0.39 is 11.6 Å². The number of aryl methyl sites for hydroxylation is 1. The molecule has 0 heterocycles. The summed E-state index contributed by atoms with van der Waals surface area (Å²) in [6, 6.07) is 13.4. The van der Waals surface area contributed by atoms with E-state index in [1.165, 1.54) is 24.3 Å². The Bertz CT molecular complexity index is 593. The van der Waals surface area contributed by atoms with Gasteiger partial charge in [0, 0.05) is 4.90 Å². The Morgan fingerprint density at radius 2 is 1.71 bits per heavy atom. The van der Waals surface area contributed by atoms with E-state index in [0.717, 1.165) is 17.5 Å². The van der Waals surface area contributed by atoms with Crippen molar-refractivity contribution in [2.75, 3.05) is 0 Å². The van der Waals surface area contributed by atoms with Gasteiger partial charge in [-0.25, -0.2) is 0 Å².